The van der Waals surface area contributed by atoms with E-state index in [1.54, 1.807) is 0 Å². The first-order chi connectivity index (χ1) is 9.56. The monoisotopic (exact) mass is 280 g/mol. The Bertz CT molecular complexity index is 430. The molecule has 1 saturated heterocycles. The number of rotatable bonds is 5. The fraction of sp³-hybridized carbons (Fsp3) is 0.625. The number of likely N-dealkylation sites (tertiary alicyclic amines) is 1. The van der Waals surface area contributed by atoms with Gasteiger partial charge in [-0.15, -0.1) is 0 Å². The van der Waals surface area contributed by atoms with Crippen LogP contribution in [0.15, 0.2) is 18.2 Å². The number of aromatic hydroxyl groups is 1. The van der Waals surface area contributed by atoms with Crippen molar-refractivity contribution in [3.8, 4) is 5.75 Å². The second-order valence-corrected chi connectivity index (χ2v) is 5.90. The van der Waals surface area contributed by atoms with Crippen LogP contribution in [0.3, 0.4) is 0 Å². The number of benzene rings is 1. The van der Waals surface area contributed by atoms with Gasteiger partial charge in [0.25, 0.3) is 0 Å². The van der Waals surface area contributed by atoms with Crippen LogP contribution in [0.2, 0.25) is 0 Å². The fourth-order valence-electron chi connectivity index (χ4n) is 2.71. The summed E-state index contributed by atoms with van der Waals surface area (Å²) in [6.07, 6.45) is 2.56. The van der Waals surface area contributed by atoms with Crippen LogP contribution in [0.5, 0.6) is 5.75 Å². The third kappa shape index (κ3) is 4.18. The molecule has 0 aliphatic carbocycles. The zero-order valence-corrected chi connectivity index (χ0v) is 12.4. The summed E-state index contributed by atoms with van der Waals surface area (Å²) < 4.78 is 13.2. The Morgan fingerprint density at radius 2 is 2.10 bits per heavy atom. The highest BCUT2D eigenvalue weighted by Gasteiger charge is 2.16. The predicted octanol–water partition coefficient (Wildman–Crippen LogP) is 2.91. The highest BCUT2D eigenvalue weighted by Crippen LogP contribution is 2.24. The molecule has 0 bridgehead atoms. The number of halogens is 1. The molecular weight excluding hydrogens is 255 g/mol. The van der Waals surface area contributed by atoms with E-state index in [-0.39, 0.29) is 17.6 Å². The van der Waals surface area contributed by atoms with E-state index in [9.17, 15) is 9.50 Å². The number of phenols is 1. The summed E-state index contributed by atoms with van der Waals surface area (Å²) in [6.45, 7) is 8.46. The first-order valence-corrected chi connectivity index (χ1v) is 7.50. The maximum atomic E-state index is 13.2. The van der Waals surface area contributed by atoms with Crippen LogP contribution < -0.4 is 5.32 Å². The lowest BCUT2D eigenvalue weighted by molar-refractivity contribution is 0.191. The van der Waals surface area contributed by atoms with E-state index in [0.717, 1.165) is 19.0 Å². The van der Waals surface area contributed by atoms with E-state index in [2.05, 4.69) is 17.1 Å². The quantitative estimate of drug-likeness (QED) is 0.870. The minimum Gasteiger partial charge on any atom is -0.508 e. The molecule has 1 fully saturated rings. The standard InChI is InChI=1S/C16H25FN2O/c1-12-5-8-19(9-6-12)10-7-18-13(2)15-11-14(17)3-4-16(15)20/h3-4,11-13,18,20H,5-10H2,1-2H3. The molecule has 0 aromatic heterocycles. The van der Waals surface area contributed by atoms with Crippen LogP contribution in [-0.4, -0.2) is 36.2 Å². The Hall–Kier alpha value is -1.13. The van der Waals surface area contributed by atoms with Crippen molar-refractivity contribution in [3.63, 3.8) is 0 Å². The molecule has 1 unspecified atom stereocenters. The van der Waals surface area contributed by atoms with Gasteiger partial charge in [0.2, 0.25) is 0 Å². The van der Waals surface area contributed by atoms with Crippen molar-refractivity contribution in [2.45, 2.75) is 32.7 Å². The van der Waals surface area contributed by atoms with E-state index >= 15 is 0 Å². The normalized spacial score (nSPS) is 19.1. The fourth-order valence-corrected chi connectivity index (χ4v) is 2.71. The molecule has 1 heterocycles. The number of hydrogen-bond acceptors (Lipinski definition) is 3. The van der Waals surface area contributed by atoms with Gasteiger partial charge in [0.05, 0.1) is 0 Å². The first-order valence-electron chi connectivity index (χ1n) is 7.50. The van der Waals surface area contributed by atoms with E-state index in [1.165, 1.54) is 44.1 Å². The Morgan fingerprint density at radius 3 is 2.80 bits per heavy atom. The molecule has 0 spiro atoms. The smallest absolute Gasteiger partial charge is 0.123 e. The van der Waals surface area contributed by atoms with Gasteiger partial charge in [0, 0.05) is 24.7 Å². The van der Waals surface area contributed by atoms with E-state index in [0.29, 0.717) is 5.56 Å². The van der Waals surface area contributed by atoms with Gasteiger partial charge in [0.15, 0.2) is 0 Å². The van der Waals surface area contributed by atoms with E-state index < -0.39 is 0 Å². The molecule has 112 valence electrons. The number of phenolic OH excluding ortho intramolecular Hbond substituents is 1. The molecular formula is C16H25FN2O. The molecule has 1 aromatic rings. The van der Waals surface area contributed by atoms with Crippen LogP contribution in [0.25, 0.3) is 0 Å². The summed E-state index contributed by atoms with van der Waals surface area (Å²) in [6, 6.07) is 4.04. The second kappa shape index (κ2) is 7.04. The third-order valence-electron chi connectivity index (χ3n) is 4.21. The molecule has 0 radical (unpaired) electrons. The van der Waals surface area contributed by atoms with Crippen molar-refractivity contribution >= 4 is 0 Å². The summed E-state index contributed by atoms with van der Waals surface area (Å²) in [7, 11) is 0. The molecule has 4 heteroatoms. The lowest BCUT2D eigenvalue weighted by Crippen LogP contribution is -2.38. The molecule has 1 aliphatic heterocycles. The maximum absolute atomic E-state index is 13.2. The summed E-state index contributed by atoms with van der Waals surface area (Å²) in [5, 5.41) is 13.1. The molecule has 1 aliphatic rings. The topological polar surface area (TPSA) is 35.5 Å². The number of nitrogens with zero attached hydrogens (tertiary/aromatic N) is 1. The molecule has 1 atom stereocenters. The molecule has 2 N–H and O–H groups in total. The van der Waals surface area contributed by atoms with Gasteiger partial charge in [-0.25, -0.2) is 4.39 Å². The highest BCUT2D eigenvalue weighted by atomic mass is 19.1. The van der Waals surface area contributed by atoms with Crippen LogP contribution in [-0.2, 0) is 0 Å². The SMILES string of the molecule is CC1CCN(CCNC(C)c2cc(F)ccc2O)CC1. The van der Waals surface area contributed by atoms with Gasteiger partial charge in [-0.2, -0.15) is 0 Å². The zero-order chi connectivity index (χ0) is 14.5. The Kier molecular flexibility index (Phi) is 5.38. The summed E-state index contributed by atoms with van der Waals surface area (Å²) >= 11 is 0. The van der Waals surface area contributed by atoms with Crippen LogP contribution >= 0.6 is 0 Å². The summed E-state index contributed by atoms with van der Waals surface area (Å²) in [5.74, 6) is 0.692. The molecule has 0 amide bonds. The van der Waals surface area contributed by atoms with Gasteiger partial charge < -0.3 is 15.3 Å². The van der Waals surface area contributed by atoms with Crippen LogP contribution in [0.4, 0.5) is 4.39 Å². The van der Waals surface area contributed by atoms with Crippen molar-refractivity contribution in [2.75, 3.05) is 26.2 Å². The average Bonchev–Trinajstić information content (AvgIpc) is 2.43. The summed E-state index contributed by atoms with van der Waals surface area (Å²) in [5.41, 5.74) is 0.622. The molecule has 0 saturated carbocycles. The lowest BCUT2D eigenvalue weighted by Gasteiger charge is -2.30. The number of hydrogen-bond donors (Lipinski definition) is 2. The number of piperidine rings is 1. The maximum Gasteiger partial charge on any atom is 0.123 e. The minimum absolute atomic E-state index is 0.0468. The van der Waals surface area contributed by atoms with Crippen molar-refractivity contribution in [1.29, 1.82) is 0 Å². The van der Waals surface area contributed by atoms with Crippen LogP contribution in [0.1, 0.15) is 38.3 Å². The third-order valence-corrected chi connectivity index (χ3v) is 4.21. The lowest BCUT2D eigenvalue weighted by atomic mass is 9.99. The Morgan fingerprint density at radius 1 is 1.40 bits per heavy atom. The minimum atomic E-state index is -0.309. The Balaban J connectivity index is 1.77. The molecule has 2 rings (SSSR count). The zero-order valence-electron chi connectivity index (χ0n) is 12.4. The predicted molar refractivity (Wildman–Crippen MR) is 79.3 cm³/mol. The first kappa shape index (κ1) is 15.3. The van der Waals surface area contributed by atoms with Crippen molar-refractivity contribution in [1.82, 2.24) is 10.2 Å². The molecule has 1 aromatic carbocycles. The van der Waals surface area contributed by atoms with Gasteiger partial charge in [-0.1, -0.05) is 6.92 Å². The van der Waals surface area contributed by atoms with Gasteiger partial charge in [0.1, 0.15) is 11.6 Å². The average molecular weight is 280 g/mol. The van der Waals surface area contributed by atoms with Crippen molar-refractivity contribution in [2.24, 2.45) is 5.92 Å². The van der Waals surface area contributed by atoms with E-state index in [4.69, 9.17) is 0 Å². The number of nitrogens with one attached hydrogen (secondary N) is 1. The Labute approximate surface area is 120 Å². The summed E-state index contributed by atoms with van der Waals surface area (Å²) in [4.78, 5) is 2.46. The highest BCUT2D eigenvalue weighted by molar-refractivity contribution is 5.34. The van der Waals surface area contributed by atoms with Crippen molar-refractivity contribution < 1.29 is 9.50 Å². The van der Waals surface area contributed by atoms with Crippen LogP contribution in [0, 0.1) is 11.7 Å². The van der Waals surface area contributed by atoms with E-state index in [1.807, 2.05) is 6.92 Å². The second-order valence-electron chi connectivity index (χ2n) is 5.90. The largest absolute Gasteiger partial charge is 0.508 e. The van der Waals surface area contributed by atoms with Gasteiger partial charge in [-0.05, 0) is 57.0 Å². The van der Waals surface area contributed by atoms with Crippen molar-refractivity contribution in [3.05, 3.63) is 29.6 Å². The molecule has 3 nitrogen and oxygen atoms in total. The van der Waals surface area contributed by atoms with Gasteiger partial charge >= 0.3 is 0 Å². The van der Waals surface area contributed by atoms with Gasteiger partial charge in [-0.3, -0.25) is 0 Å². The molecule has 20 heavy (non-hydrogen) atoms.